The van der Waals surface area contributed by atoms with Crippen molar-refractivity contribution in [3.8, 4) is 67.0 Å². The van der Waals surface area contributed by atoms with Gasteiger partial charge in [0.15, 0.2) is 0 Å². The summed E-state index contributed by atoms with van der Waals surface area (Å²) in [5.74, 6) is 0. The highest BCUT2D eigenvalue weighted by molar-refractivity contribution is 6.10. The third-order valence-electron chi connectivity index (χ3n) is 16.2. The molecule has 2 heterocycles. The van der Waals surface area contributed by atoms with E-state index in [4.69, 9.17) is 5.10 Å². The average Bonchev–Trinajstić information content (AvgIpc) is 4.14. The minimum absolute atomic E-state index is 0.187. The molecule has 0 aliphatic heterocycles. The molecule has 3 aliphatic rings. The zero-order chi connectivity index (χ0) is 47.7. The van der Waals surface area contributed by atoms with Crippen molar-refractivity contribution >= 4 is 33.4 Å². The molecule has 2 aromatic heterocycles. The van der Waals surface area contributed by atoms with Gasteiger partial charge in [-0.3, -0.25) is 0 Å². The van der Waals surface area contributed by atoms with Gasteiger partial charge in [0.2, 0.25) is 0 Å². The minimum atomic E-state index is -0.484. The maximum absolute atomic E-state index is 5.59. The van der Waals surface area contributed by atoms with Gasteiger partial charge in [-0.1, -0.05) is 220 Å². The second-order valence-corrected chi connectivity index (χ2v) is 20.2. The van der Waals surface area contributed by atoms with E-state index in [0.29, 0.717) is 0 Å². The van der Waals surface area contributed by atoms with Crippen LogP contribution in [0.3, 0.4) is 0 Å². The molecule has 1 spiro atoms. The first-order valence-corrected chi connectivity index (χ1v) is 25.1. The zero-order valence-electron chi connectivity index (χ0n) is 40.0. The summed E-state index contributed by atoms with van der Waals surface area (Å²) < 4.78 is 2.21. The number of hydrogen-bond donors (Lipinski definition) is 0. The second-order valence-electron chi connectivity index (χ2n) is 20.2. The molecule has 0 saturated heterocycles. The smallest absolute Gasteiger partial charge is 0.101 e. The number of hydrogen-bond acceptors (Lipinski definition) is 2. The van der Waals surface area contributed by atoms with E-state index in [1.807, 2.05) is 0 Å². The van der Waals surface area contributed by atoms with Crippen molar-refractivity contribution < 1.29 is 0 Å². The maximum Gasteiger partial charge on any atom is 0.101 e. The van der Waals surface area contributed by atoms with Gasteiger partial charge in [0.05, 0.1) is 16.6 Å². The van der Waals surface area contributed by atoms with Crippen LogP contribution >= 0.6 is 0 Å². The number of rotatable bonds is 6. The number of nitrogens with zero attached hydrogens (tertiary/aromatic N) is 3. The molecule has 0 radical (unpaired) electrons. The van der Waals surface area contributed by atoms with E-state index in [1.165, 1.54) is 66.8 Å². The normalized spacial score (nSPS) is 13.9. The Kier molecular flexibility index (Phi) is 8.63. The van der Waals surface area contributed by atoms with Crippen LogP contribution in [-0.2, 0) is 10.8 Å². The van der Waals surface area contributed by atoms with E-state index in [-0.39, 0.29) is 5.41 Å². The Labute approximate surface area is 419 Å². The van der Waals surface area contributed by atoms with Crippen LogP contribution in [-0.4, -0.2) is 9.61 Å². The lowest BCUT2D eigenvalue weighted by Gasteiger charge is -2.32. The molecule has 0 saturated carbocycles. The van der Waals surface area contributed by atoms with E-state index in [2.05, 4.69) is 272 Å². The fraction of sp³-hybridized carbons (Fsp3) is 0.0580. The molecule has 15 rings (SSSR count). The molecule has 0 N–H and O–H groups in total. The first-order chi connectivity index (χ1) is 35.5. The molecule has 0 fully saturated rings. The lowest BCUT2D eigenvalue weighted by Crippen LogP contribution is -2.26. The lowest BCUT2D eigenvalue weighted by atomic mass is 9.70. The largest absolute Gasteiger partial charge is 0.310 e. The highest BCUT2D eigenvalue weighted by atomic mass is 15.2. The SMILES string of the molecule is CC1(C)c2ccccc2-c2ccc(N(c3ccc4c(c3)C3(c5ccccc5-c5ccccc53)c3ccccc3-4)c3ccc4cc(-c5ccccc5)n5nc(-c6ccccc6)c(-c6ccccc6)c5c4c3)cc21. The molecule has 3 heteroatoms. The Morgan fingerprint density at radius 1 is 0.361 bits per heavy atom. The zero-order valence-corrected chi connectivity index (χ0v) is 40.0. The van der Waals surface area contributed by atoms with Gasteiger partial charge in [-0.15, -0.1) is 0 Å². The number of fused-ring (bicyclic) bond motifs is 16. The first-order valence-electron chi connectivity index (χ1n) is 25.1. The van der Waals surface area contributed by atoms with E-state index in [1.54, 1.807) is 0 Å². The average molecular weight is 918 g/mol. The molecule has 3 aliphatic carbocycles. The number of pyridine rings is 1. The van der Waals surface area contributed by atoms with E-state index in [0.717, 1.165) is 67.0 Å². The Morgan fingerprint density at radius 3 is 1.38 bits per heavy atom. The molecule has 0 bridgehead atoms. The molecule has 72 heavy (non-hydrogen) atoms. The van der Waals surface area contributed by atoms with Crippen molar-refractivity contribution in [2.24, 2.45) is 0 Å². The molecule has 0 amide bonds. The fourth-order valence-electron chi connectivity index (χ4n) is 13.1. The van der Waals surface area contributed by atoms with Gasteiger partial charge in [-0.2, -0.15) is 5.10 Å². The fourth-order valence-corrected chi connectivity index (χ4v) is 13.1. The van der Waals surface area contributed by atoms with Gasteiger partial charge < -0.3 is 4.90 Å². The third kappa shape index (κ3) is 5.59. The summed E-state index contributed by atoms with van der Waals surface area (Å²) >= 11 is 0. The Balaban J connectivity index is 1.03. The van der Waals surface area contributed by atoms with Crippen LogP contribution in [0.25, 0.3) is 83.3 Å². The van der Waals surface area contributed by atoms with Crippen LogP contribution in [0.2, 0.25) is 0 Å². The van der Waals surface area contributed by atoms with Gasteiger partial charge >= 0.3 is 0 Å². The summed E-state index contributed by atoms with van der Waals surface area (Å²) in [5.41, 5.74) is 25.9. The Hall–Kier alpha value is -9.05. The lowest BCUT2D eigenvalue weighted by molar-refractivity contribution is 0.660. The summed E-state index contributed by atoms with van der Waals surface area (Å²) in [7, 11) is 0. The second kappa shape index (κ2) is 15.2. The highest BCUT2D eigenvalue weighted by Gasteiger charge is 2.51. The molecule has 338 valence electrons. The summed E-state index contributed by atoms with van der Waals surface area (Å²) in [5, 5.41) is 7.87. The number of anilines is 3. The molecular weight excluding hydrogens is 871 g/mol. The van der Waals surface area contributed by atoms with Crippen molar-refractivity contribution in [2.45, 2.75) is 24.7 Å². The van der Waals surface area contributed by atoms with E-state index in [9.17, 15) is 0 Å². The van der Waals surface area contributed by atoms with Crippen molar-refractivity contribution in [1.29, 1.82) is 0 Å². The molecule has 0 atom stereocenters. The number of benzene rings is 10. The topological polar surface area (TPSA) is 20.5 Å². The standard InChI is InChI=1S/C69H47N3/c1-68(2)58-30-16-12-26-51(58)55-38-36-49(42-62(55)68)71(50-37-39-56-54-29-15-19-33-61(54)69(63(56)43-50)59-31-17-13-27-52(59)53-28-14-18-32-60(53)69)48-35-34-47-40-64(44-20-6-3-7-21-44)72-67(57(47)41-48)65(45-22-8-4-9-23-45)66(70-72)46-24-10-5-11-25-46/h3-43H,1-2H3. The van der Waals surface area contributed by atoms with Gasteiger partial charge in [-0.25, -0.2) is 4.52 Å². The van der Waals surface area contributed by atoms with Gasteiger partial charge in [0, 0.05) is 44.6 Å². The summed E-state index contributed by atoms with van der Waals surface area (Å²) in [4.78, 5) is 2.51. The molecule has 0 unspecified atom stereocenters. The van der Waals surface area contributed by atoms with Crippen molar-refractivity contribution in [3.05, 3.63) is 282 Å². The van der Waals surface area contributed by atoms with Gasteiger partial charge in [0.1, 0.15) is 5.69 Å². The first kappa shape index (κ1) is 40.8. The summed E-state index contributed by atoms with van der Waals surface area (Å²) in [6, 6.07) is 92.2. The summed E-state index contributed by atoms with van der Waals surface area (Å²) in [6.45, 7) is 4.76. The van der Waals surface area contributed by atoms with Gasteiger partial charge in [0.25, 0.3) is 0 Å². The van der Waals surface area contributed by atoms with Crippen LogP contribution in [0, 0.1) is 0 Å². The van der Waals surface area contributed by atoms with Crippen LogP contribution < -0.4 is 4.90 Å². The molecule has 12 aromatic rings. The summed E-state index contributed by atoms with van der Waals surface area (Å²) in [6.07, 6.45) is 0. The molecule has 3 nitrogen and oxygen atoms in total. The predicted molar refractivity (Wildman–Crippen MR) is 298 cm³/mol. The molecular formula is C69H47N3. The van der Waals surface area contributed by atoms with Crippen molar-refractivity contribution in [1.82, 2.24) is 9.61 Å². The highest BCUT2D eigenvalue weighted by Crippen LogP contribution is 2.63. The predicted octanol–water partition coefficient (Wildman–Crippen LogP) is 17.6. The van der Waals surface area contributed by atoms with Crippen molar-refractivity contribution in [3.63, 3.8) is 0 Å². The third-order valence-corrected chi connectivity index (χ3v) is 16.2. The van der Waals surface area contributed by atoms with Crippen LogP contribution in [0.5, 0.6) is 0 Å². The number of aromatic nitrogens is 2. The Morgan fingerprint density at radius 2 is 0.792 bits per heavy atom. The van der Waals surface area contributed by atoms with Crippen LogP contribution in [0.1, 0.15) is 47.2 Å². The van der Waals surface area contributed by atoms with Crippen LogP contribution in [0.15, 0.2) is 249 Å². The van der Waals surface area contributed by atoms with E-state index >= 15 is 0 Å². The maximum atomic E-state index is 5.59. The Bertz CT molecular complexity index is 4120. The molecule has 10 aromatic carbocycles. The monoisotopic (exact) mass is 917 g/mol. The van der Waals surface area contributed by atoms with Gasteiger partial charge in [-0.05, 0) is 120 Å². The quantitative estimate of drug-likeness (QED) is 0.166. The van der Waals surface area contributed by atoms with Crippen molar-refractivity contribution in [2.75, 3.05) is 4.90 Å². The van der Waals surface area contributed by atoms with E-state index < -0.39 is 5.41 Å². The minimum Gasteiger partial charge on any atom is -0.310 e. The van der Waals surface area contributed by atoms with Crippen LogP contribution in [0.4, 0.5) is 17.1 Å².